The average Bonchev–Trinajstić information content (AvgIpc) is 2.92. The molecule has 0 spiro atoms. The van der Waals surface area contributed by atoms with Gasteiger partial charge in [0.1, 0.15) is 0 Å². The van der Waals surface area contributed by atoms with Gasteiger partial charge in [0.25, 0.3) is 0 Å². The van der Waals surface area contributed by atoms with E-state index >= 15 is 0 Å². The highest BCUT2D eigenvalue weighted by atomic mass is 16.2. The number of carbonyl (C=O) groups excluding carboxylic acids is 1. The topological polar surface area (TPSA) is 35.6 Å². The summed E-state index contributed by atoms with van der Waals surface area (Å²) in [6.45, 7) is 11.6. The highest BCUT2D eigenvalue weighted by molar-refractivity contribution is 5.74. The van der Waals surface area contributed by atoms with E-state index in [1.807, 2.05) is 4.90 Å². The fourth-order valence-corrected chi connectivity index (χ4v) is 3.82. The molecule has 1 N–H and O–H groups in total. The summed E-state index contributed by atoms with van der Waals surface area (Å²) in [6.07, 6.45) is 3.21. The van der Waals surface area contributed by atoms with Gasteiger partial charge < -0.3 is 10.2 Å². The molecule has 0 aromatic heterocycles. The van der Waals surface area contributed by atoms with Crippen LogP contribution < -0.4 is 5.32 Å². The Morgan fingerprint density at radius 2 is 1.92 bits per heavy atom. The standard InChI is InChI=1S/C20H31N3O/c1-16-6-4-5-7-17(16)14-22-11-8-18(9-12-22)21-19(24)23-13-10-20(2,3)15-23/h4-7,18H,8-15H2,1-3H3,(H,21,24). The van der Waals surface area contributed by atoms with Gasteiger partial charge in [-0.15, -0.1) is 0 Å². The molecule has 0 radical (unpaired) electrons. The minimum Gasteiger partial charge on any atom is -0.335 e. The van der Waals surface area contributed by atoms with E-state index in [0.29, 0.717) is 6.04 Å². The van der Waals surface area contributed by atoms with E-state index < -0.39 is 0 Å². The van der Waals surface area contributed by atoms with Gasteiger partial charge >= 0.3 is 6.03 Å². The Hall–Kier alpha value is -1.55. The van der Waals surface area contributed by atoms with Gasteiger partial charge in [-0.25, -0.2) is 4.79 Å². The highest BCUT2D eigenvalue weighted by Gasteiger charge is 2.33. The van der Waals surface area contributed by atoms with Crippen LogP contribution in [0.3, 0.4) is 0 Å². The summed E-state index contributed by atoms with van der Waals surface area (Å²) >= 11 is 0. The molecule has 1 aromatic rings. The summed E-state index contributed by atoms with van der Waals surface area (Å²) in [7, 11) is 0. The van der Waals surface area contributed by atoms with Crippen LogP contribution in [-0.2, 0) is 6.54 Å². The maximum Gasteiger partial charge on any atom is 0.317 e. The van der Waals surface area contributed by atoms with Crippen LogP contribution in [0.5, 0.6) is 0 Å². The number of amides is 2. The smallest absolute Gasteiger partial charge is 0.317 e. The number of rotatable bonds is 3. The van der Waals surface area contributed by atoms with Crippen molar-refractivity contribution in [3.05, 3.63) is 35.4 Å². The van der Waals surface area contributed by atoms with Gasteiger partial charge in [0, 0.05) is 38.8 Å². The summed E-state index contributed by atoms with van der Waals surface area (Å²) in [5.74, 6) is 0. The Morgan fingerprint density at radius 3 is 2.54 bits per heavy atom. The van der Waals surface area contributed by atoms with E-state index in [9.17, 15) is 4.79 Å². The predicted molar refractivity (Wildman–Crippen MR) is 98.0 cm³/mol. The number of hydrogen-bond donors (Lipinski definition) is 1. The number of carbonyl (C=O) groups is 1. The Balaban J connectivity index is 1.44. The summed E-state index contributed by atoms with van der Waals surface area (Å²) < 4.78 is 0. The summed E-state index contributed by atoms with van der Waals surface area (Å²) in [5, 5.41) is 3.25. The molecule has 2 amide bonds. The quantitative estimate of drug-likeness (QED) is 0.922. The lowest BCUT2D eigenvalue weighted by Gasteiger charge is -2.33. The molecule has 4 heteroatoms. The van der Waals surface area contributed by atoms with Crippen LogP contribution in [0, 0.1) is 12.3 Å². The number of nitrogens with one attached hydrogen (secondary N) is 1. The van der Waals surface area contributed by atoms with Crippen molar-refractivity contribution >= 4 is 6.03 Å². The van der Waals surface area contributed by atoms with Crippen molar-refractivity contribution in [1.29, 1.82) is 0 Å². The third kappa shape index (κ3) is 4.29. The highest BCUT2D eigenvalue weighted by Crippen LogP contribution is 2.28. The Morgan fingerprint density at radius 1 is 1.21 bits per heavy atom. The lowest BCUT2D eigenvalue weighted by molar-refractivity contribution is 0.171. The molecule has 0 unspecified atom stereocenters. The Bertz CT molecular complexity index is 576. The van der Waals surface area contributed by atoms with Crippen molar-refractivity contribution in [2.24, 2.45) is 5.41 Å². The van der Waals surface area contributed by atoms with Crippen LogP contribution in [0.4, 0.5) is 4.79 Å². The third-order valence-electron chi connectivity index (χ3n) is 5.53. The second-order valence-electron chi connectivity index (χ2n) is 8.26. The number of urea groups is 1. The molecule has 2 aliphatic rings. The molecule has 2 fully saturated rings. The first-order valence-electron chi connectivity index (χ1n) is 9.25. The number of benzene rings is 1. The summed E-state index contributed by atoms with van der Waals surface area (Å²) in [4.78, 5) is 16.9. The summed E-state index contributed by atoms with van der Waals surface area (Å²) in [6, 6.07) is 9.08. The first-order valence-corrected chi connectivity index (χ1v) is 9.25. The van der Waals surface area contributed by atoms with Crippen molar-refractivity contribution in [3.63, 3.8) is 0 Å². The van der Waals surface area contributed by atoms with Gasteiger partial charge in [0.2, 0.25) is 0 Å². The number of hydrogen-bond acceptors (Lipinski definition) is 2. The lowest BCUT2D eigenvalue weighted by Crippen LogP contribution is -2.48. The molecule has 2 heterocycles. The normalized spacial score (nSPS) is 21.9. The second kappa shape index (κ2) is 7.14. The molecule has 0 aliphatic carbocycles. The van der Waals surface area contributed by atoms with Crippen LogP contribution in [0.25, 0.3) is 0 Å². The van der Waals surface area contributed by atoms with E-state index in [0.717, 1.165) is 52.0 Å². The monoisotopic (exact) mass is 329 g/mol. The van der Waals surface area contributed by atoms with Gasteiger partial charge in [0.05, 0.1) is 0 Å². The van der Waals surface area contributed by atoms with Crippen LogP contribution in [-0.4, -0.2) is 48.1 Å². The molecule has 132 valence electrons. The fourth-order valence-electron chi connectivity index (χ4n) is 3.82. The molecule has 0 saturated carbocycles. The van der Waals surface area contributed by atoms with E-state index in [1.165, 1.54) is 11.1 Å². The average molecular weight is 329 g/mol. The molecule has 24 heavy (non-hydrogen) atoms. The number of likely N-dealkylation sites (tertiary alicyclic amines) is 2. The van der Waals surface area contributed by atoms with Crippen molar-refractivity contribution in [2.75, 3.05) is 26.2 Å². The van der Waals surface area contributed by atoms with Crippen LogP contribution in [0.15, 0.2) is 24.3 Å². The number of nitrogens with zero attached hydrogens (tertiary/aromatic N) is 2. The third-order valence-corrected chi connectivity index (χ3v) is 5.53. The molecule has 2 saturated heterocycles. The maximum absolute atomic E-state index is 12.4. The van der Waals surface area contributed by atoms with Gasteiger partial charge in [-0.05, 0) is 42.7 Å². The first kappa shape index (κ1) is 17.3. The molecule has 0 bridgehead atoms. The molecule has 4 nitrogen and oxygen atoms in total. The largest absolute Gasteiger partial charge is 0.335 e. The summed E-state index contributed by atoms with van der Waals surface area (Å²) in [5.41, 5.74) is 3.05. The number of piperidine rings is 1. The fraction of sp³-hybridized carbons (Fsp3) is 0.650. The Labute approximate surface area is 146 Å². The van der Waals surface area contributed by atoms with Crippen molar-refractivity contribution in [3.8, 4) is 0 Å². The first-order chi connectivity index (χ1) is 11.4. The van der Waals surface area contributed by atoms with Gasteiger partial charge in [-0.1, -0.05) is 38.1 Å². The van der Waals surface area contributed by atoms with E-state index in [1.54, 1.807) is 0 Å². The van der Waals surface area contributed by atoms with Crippen molar-refractivity contribution in [2.45, 2.75) is 52.6 Å². The van der Waals surface area contributed by atoms with E-state index in [-0.39, 0.29) is 11.4 Å². The predicted octanol–water partition coefficient (Wildman–Crippen LogP) is 3.40. The molecule has 1 aromatic carbocycles. The van der Waals surface area contributed by atoms with Gasteiger partial charge in [0.15, 0.2) is 0 Å². The second-order valence-corrected chi connectivity index (χ2v) is 8.26. The van der Waals surface area contributed by atoms with Crippen LogP contribution in [0.2, 0.25) is 0 Å². The zero-order chi connectivity index (χ0) is 17.2. The van der Waals surface area contributed by atoms with Crippen molar-refractivity contribution in [1.82, 2.24) is 15.1 Å². The van der Waals surface area contributed by atoms with Crippen LogP contribution in [0.1, 0.15) is 44.2 Å². The van der Waals surface area contributed by atoms with Crippen molar-refractivity contribution < 1.29 is 4.79 Å². The minimum atomic E-state index is 0.137. The van der Waals surface area contributed by atoms with E-state index in [4.69, 9.17) is 0 Å². The molecule has 2 aliphatic heterocycles. The van der Waals surface area contributed by atoms with Gasteiger partial charge in [-0.3, -0.25) is 4.90 Å². The molecule has 0 atom stereocenters. The molecular weight excluding hydrogens is 298 g/mol. The van der Waals surface area contributed by atoms with E-state index in [2.05, 4.69) is 55.3 Å². The molecular formula is C20H31N3O. The lowest BCUT2D eigenvalue weighted by atomic mass is 9.93. The minimum absolute atomic E-state index is 0.137. The SMILES string of the molecule is Cc1ccccc1CN1CCC(NC(=O)N2CCC(C)(C)C2)CC1. The maximum atomic E-state index is 12.4. The zero-order valence-corrected chi connectivity index (χ0v) is 15.3. The van der Waals surface area contributed by atoms with Crippen LogP contribution >= 0.6 is 0 Å². The zero-order valence-electron chi connectivity index (χ0n) is 15.3. The van der Waals surface area contributed by atoms with Gasteiger partial charge in [-0.2, -0.15) is 0 Å². The molecule has 3 rings (SSSR count). The number of aryl methyl sites for hydroxylation is 1. The Kier molecular flexibility index (Phi) is 5.14.